The first-order valence-corrected chi connectivity index (χ1v) is 10.6. The number of hydrogen-bond donors (Lipinski definition) is 0. The average molecular weight is 389 g/mol. The van der Waals surface area contributed by atoms with Gasteiger partial charge in [0.1, 0.15) is 7.85 Å². The third-order valence-electron chi connectivity index (χ3n) is 6.45. The first-order valence-electron chi connectivity index (χ1n) is 10.6. The molecule has 1 aliphatic carbocycles. The lowest BCUT2D eigenvalue weighted by molar-refractivity contribution is -0.134. The molecule has 2 aromatic rings. The number of aromatic nitrogens is 1. The van der Waals surface area contributed by atoms with E-state index in [1.165, 1.54) is 5.56 Å². The van der Waals surface area contributed by atoms with Crippen LogP contribution in [0.5, 0.6) is 0 Å². The van der Waals surface area contributed by atoms with E-state index >= 15 is 0 Å². The molecule has 2 aliphatic rings. The summed E-state index contributed by atoms with van der Waals surface area (Å²) in [6, 6.07) is 4.09. The second kappa shape index (κ2) is 7.49. The highest BCUT2D eigenvalue weighted by atomic mass is 16.2. The zero-order valence-electron chi connectivity index (χ0n) is 17.7. The van der Waals surface area contributed by atoms with Gasteiger partial charge >= 0.3 is 0 Å². The SMILES string of the molecule is [B]c1cc2c3c(cn(C(=O)CC)c3c1)CC1C2=CC(C(=O)N(CC)CC)CN1C. The Kier molecular flexibility index (Phi) is 5.15. The average Bonchev–Trinajstić information content (AvgIpc) is 3.07. The van der Waals surface area contributed by atoms with Crippen molar-refractivity contribution in [1.82, 2.24) is 14.4 Å². The van der Waals surface area contributed by atoms with Crippen molar-refractivity contribution in [2.24, 2.45) is 5.92 Å². The maximum absolute atomic E-state index is 13.0. The van der Waals surface area contributed by atoms with E-state index in [-0.39, 0.29) is 23.8 Å². The van der Waals surface area contributed by atoms with Gasteiger partial charge in [0.05, 0.1) is 11.4 Å². The van der Waals surface area contributed by atoms with Gasteiger partial charge in [0, 0.05) is 43.7 Å². The van der Waals surface area contributed by atoms with Gasteiger partial charge in [0.2, 0.25) is 11.8 Å². The number of hydrogen-bond acceptors (Lipinski definition) is 3. The lowest BCUT2D eigenvalue weighted by atomic mass is 9.77. The number of amides is 1. The largest absolute Gasteiger partial charge is 0.343 e. The van der Waals surface area contributed by atoms with Crippen LogP contribution in [0.4, 0.5) is 0 Å². The molecule has 2 atom stereocenters. The molecule has 1 aromatic heterocycles. The second-order valence-electron chi connectivity index (χ2n) is 8.13. The standard InChI is InChI=1S/C23H28BN3O2/c1-5-21(28)27-13-14-9-19-17(18-10-16(24)11-20(27)22(14)18)8-15(12-25(19)4)23(29)26(6-2)7-3/h8,10-11,13,15,19H,5-7,9,12H2,1-4H3. The topological polar surface area (TPSA) is 45.6 Å². The van der Waals surface area contributed by atoms with E-state index < -0.39 is 0 Å². The van der Waals surface area contributed by atoms with Crippen molar-refractivity contribution < 1.29 is 9.59 Å². The number of likely N-dealkylation sites (N-methyl/N-ethyl adjacent to an activating group) is 1. The summed E-state index contributed by atoms with van der Waals surface area (Å²) in [5, 5.41) is 1.10. The fourth-order valence-corrected chi connectivity index (χ4v) is 4.94. The van der Waals surface area contributed by atoms with E-state index in [2.05, 4.69) is 18.0 Å². The molecule has 2 radical (unpaired) electrons. The van der Waals surface area contributed by atoms with Gasteiger partial charge in [-0.25, -0.2) is 0 Å². The molecular formula is C23H28BN3O2. The molecule has 1 aromatic carbocycles. The van der Waals surface area contributed by atoms with Gasteiger partial charge < -0.3 is 4.90 Å². The quantitative estimate of drug-likeness (QED) is 0.754. The summed E-state index contributed by atoms with van der Waals surface area (Å²) in [5.41, 5.74) is 4.93. The van der Waals surface area contributed by atoms with Gasteiger partial charge in [0.25, 0.3) is 0 Å². The van der Waals surface area contributed by atoms with Crippen molar-refractivity contribution in [3.05, 3.63) is 35.5 Å². The van der Waals surface area contributed by atoms with Crippen LogP contribution in [0.15, 0.2) is 24.4 Å². The third-order valence-corrected chi connectivity index (χ3v) is 6.45. The zero-order valence-corrected chi connectivity index (χ0v) is 17.7. The molecule has 2 unspecified atom stereocenters. The van der Waals surface area contributed by atoms with Crippen LogP contribution < -0.4 is 5.46 Å². The van der Waals surface area contributed by atoms with Crippen LogP contribution in [0.1, 0.15) is 43.1 Å². The number of nitrogens with zero attached hydrogens (tertiary/aromatic N) is 3. The minimum absolute atomic E-state index is 0.0691. The second-order valence-corrected chi connectivity index (χ2v) is 8.13. The van der Waals surface area contributed by atoms with Crippen LogP contribution in [0.25, 0.3) is 16.5 Å². The van der Waals surface area contributed by atoms with Crippen molar-refractivity contribution in [2.75, 3.05) is 26.7 Å². The Labute approximate surface area is 173 Å². The summed E-state index contributed by atoms with van der Waals surface area (Å²) < 4.78 is 1.75. The van der Waals surface area contributed by atoms with Gasteiger partial charge in [-0.1, -0.05) is 24.5 Å². The van der Waals surface area contributed by atoms with Crippen LogP contribution in [0.3, 0.4) is 0 Å². The van der Waals surface area contributed by atoms with Crippen molar-refractivity contribution in [2.45, 2.75) is 39.7 Å². The number of rotatable bonds is 4. The van der Waals surface area contributed by atoms with Crippen molar-refractivity contribution in [3.63, 3.8) is 0 Å². The summed E-state index contributed by atoms with van der Waals surface area (Å²) in [6.07, 6.45) is 5.42. The monoisotopic (exact) mass is 389 g/mol. The maximum atomic E-state index is 13.0. The van der Waals surface area contributed by atoms with E-state index in [9.17, 15) is 9.59 Å². The third kappa shape index (κ3) is 3.14. The number of carbonyl (C=O) groups excluding carboxylic acids is 2. The lowest BCUT2D eigenvalue weighted by Crippen LogP contribution is -2.47. The van der Waals surface area contributed by atoms with E-state index in [1.54, 1.807) is 4.57 Å². The zero-order chi connectivity index (χ0) is 20.9. The Hall–Kier alpha value is -2.34. The molecule has 29 heavy (non-hydrogen) atoms. The van der Waals surface area contributed by atoms with Gasteiger partial charge in [0.15, 0.2) is 0 Å². The molecule has 1 amide bonds. The summed E-state index contributed by atoms with van der Waals surface area (Å²) in [4.78, 5) is 29.7. The van der Waals surface area contributed by atoms with Gasteiger partial charge in [-0.3, -0.25) is 19.1 Å². The highest BCUT2D eigenvalue weighted by Crippen LogP contribution is 2.41. The van der Waals surface area contributed by atoms with Crippen LogP contribution in [-0.2, 0) is 11.2 Å². The Balaban J connectivity index is 1.88. The first-order chi connectivity index (χ1) is 13.9. The van der Waals surface area contributed by atoms with Crippen LogP contribution in [0.2, 0.25) is 0 Å². The van der Waals surface area contributed by atoms with E-state index in [0.29, 0.717) is 18.4 Å². The molecule has 0 saturated heterocycles. The van der Waals surface area contributed by atoms with Crippen LogP contribution >= 0.6 is 0 Å². The first kappa shape index (κ1) is 20.0. The predicted octanol–water partition coefficient (Wildman–Crippen LogP) is 2.22. The minimum atomic E-state index is -0.163. The molecule has 4 rings (SSSR count). The molecule has 150 valence electrons. The van der Waals surface area contributed by atoms with Crippen molar-refractivity contribution in [1.29, 1.82) is 0 Å². The predicted molar refractivity (Wildman–Crippen MR) is 118 cm³/mol. The number of benzene rings is 1. The molecule has 0 fully saturated rings. The summed E-state index contributed by atoms with van der Waals surface area (Å²) >= 11 is 0. The van der Waals surface area contributed by atoms with E-state index in [4.69, 9.17) is 7.85 Å². The summed E-state index contributed by atoms with van der Waals surface area (Å²) in [5.74, 6) is 0.0839. The highest BCUT2D eigenvalue weighted by molar-refractivity contribution is 6.34. The fraction of sp³-hybridized carbons (Fsp3) is 0.478. The molecule has 0 N–H and O–H groups in total. The lowest BCUT2D eigenvalue weighted by Gasteiger charge is -2.40. The molecule has 0 saturated carbocycles. The molecule has 2 heterocycles. The van der Waals surface area contributed by atoms with E-state index in [1.807, 2.05) is 44.0 Å². The number of carbonyl (C=O) groups is 2. The Morgan fingerprint density at radius 3 is 2.59 bits per heavy atom. The Morgan fingerprint density at radius 2 is 1.93 bits per heavy atom. The molecular weight excluding hydrogens is 361 g/mol. The van der Waals surface area contributed by atoms with Gasteiger partial charge in [-0.15, -0.1) is 0 Å². The summed E-state index contributed by atoms with van der Waals surface area (Å²) in [6.45, 7) is 8.06. The molecule has 0 bridgehead atoms. The van der Waals surface area contributed by atoms with E-state index in [0.717, 1.165) is 41.5 Å². The molecule has 0 spiro atoms. The van der Waals surface area contributed by atoms with Crippen LogP contribution in [0, 0.1) is 5.92 Å². The van der Waals surface area contributed by atoms with Crippen molar-refractivity contribution >= 4 is 41.6 Å². The Bertz CT molecular complexity index is 1020. The molecule has 1 aliphatic heterocycles. The maximum Gasteiger partial charge on any atom is 0.230 e. The number of fused-ring (bicyclic) bond motifs is 2. The van der Waals surface area contributed by atoms with Crippen LogP contribution in [-0.4, -0.2) is 66.8 Å². The molecule has 6 heteroatoms. The normalized spacial score (nSPS) is 21.0. The highest BCUT2D eigenvalue weighted by Gasteiger charge is 2.37. The summed E-state index contributed by atoms with van der Waals surface area (Å²) in [7, 11) is 8.33. The van der Waals surface area contributed by atoms with Gasteiger partial charge in [-0.2, -0.15) is 0 Å². The van der Waals surface area contributed by atoms with Crippen molar-refractivity contribution in [3.8, 4) is 0 Å². The smallest absolute Gasteiger partial charge is 0.230 e. The molecule has 5 nitrogen and oxygen atoms in total. The van der Waals surface area contributed by atoms with Gasteiger partial charge in [-0.05, 0) is 50.1 Å². The Morgan fingerprint density at radius 1 is 1.21 bits per heavy atom. The minimum Gasteiger partial charge on any atom is -0.343 e. The fourth-order valence-electron chi connectivity index (χ4n) is 4.94.